The molecule has 0 spiro atoms. The summed E-state index contributed by atoms with van der Waals surface area (Å²) in [5, 5.41) is 13.1. The highest BCUT2D eigenvalue weighted by molar-refractivity contribution is 6.35. The van der Waals surface area contributed by atoms with Crippen LogP contribution in [0.25, 0.3) is 5.69 Å². The van der Waals surface area contributed by atoms with Gasteiger partial charge in [0, 0.05) is 24.6 Å². The fraction of sp³-hybridized carbons (Fsp3) is 0.300. The Bertz CT molecular complexity index is 1050. The predicted molar refractivity (Wildman–Crippen MR) is 112 cm³/mol. The summed E-state index contributed by atoms with van der Waals surface area (Å²) in [6.07, 6.45) is 0. The van der Waals surface area contributed by atoms with Gasteiger partial charge in [0.1, 0.15) is 11.8 Å². The van der Waals surface area contributed by atoms with Crippen LogP contribution in [0.4, 0.5) is 0 Å². The van der Waals surface area contributed by atoms with E-state index >= 15 is 0 Å². The maximum Gasteiger partial charge on any atom is 0.220 e. The Balaban J connectivity index is 2.31. The van der Waals surface area contributed by atoms with Crippen LogP contribution < -0.4 is 4.74 Å². The zero-order chi connectivity index (χ0) is 21.3. The van der Waals surface area contributed by atoms with E-state index in [1.165, 1.54) is 18.9 Å². The highest BCUT2D eigenvalue weighted by Gasteiger charge is 2.32. The van der Waals surface area contributed by atoms with Crippen molar-refractivity contribution >= 4 is 29.1 Å². The number of ether oxygens (including phenoxy) is 1. The lowest BCUT2D eigenvalue weighted by atomic mass is 10.0. The van der Waals surface area contributed by atoms with Crippen LogP contribution in [0.2, 0.25) is 10.0 Å². The van der Waals surface area contributed by atoms with Crippen molar-refractivity contribution in [3.63, 3.8) is 0 Å². The Morgan fingerprint density at radius 1 is 1.21 bits per heavy atom. The van der Waals surface area contributed by atoms with Gasteiger partial charge in [-0.3, -0.25) is 4.79 Å². The average molecular weight is 434 g/mol. The highest BCUT2D eigenvalue weighted by Crippen LogP contribution is 2.40. The number of carbonyl (C=O) groups is 1. The van der Waals surface area contributed by atoms with E-state index in [9.17, 15) is 4.79 Å². The molecular weight excluding hydrogens is 413 g/mol. The normalized spacial score (nSPS) is 12.0. The van der Waals surface area contributed by atoms with E-state index in [1.54, 1.807) is 23.9 Å². The molecule has 29 heavy (non-hydrogen) atoms. The topological polar surface area (TPSA) is 73.1 Å². The standard InChI is InChI=1S/C20H21Cl2N5O2/c1-11-7-6-8-12(2)17(11)27-20(23-24-25-27)18(26(4)13(3)28)15-9-14(21)10-16(22)19(15)29-5/h6-10,18H,1-5H3. The van der Waals surface area contributed by atoms with Crippen LogP contribution in [-0.4, -0.2) is 45.2 Å². The zero-order valence-electron chi connectivity index (χ0n) is 16.8. The smallest absolute Gasteiger partial charge is 0.220 e. The van der Waals surface area contributed by atoms with Gasteiger partial charge in [-0.25, -0.2) is 0 Å². The molecule has 152 valence electrons. The molecule has 0 saturated carbocycles. The largest absolute Gasteiger partial charge is 0.495 e. The maximum absolute atomic E-state index is 12.3. The van der Waals surface area contributed by atoms with Crippen LogP contribution in [-0.2, 0) is 4.79 Å². The summed E-state index contributed by atoms with van der Waals surface area (Å²) in [5.74, 6) is 0.672. The van der Waals surface area contributed by atoms with Crippen LogP contribution in [0.15, 0.2) is 30.3 Å². The Hall–Kier alpha value is -2.64. The number of tetrazole rings is 1. The first-order valence-corrected chi connectivity index (χ1v) is 9.63. The van der Waals surface area contributed by atoms with E-state index in [0.29, 0.717) is 27.2 Å². The van der Waals surface area contributed by atoms with Crippen molar-refractivity contribution < 1.29 is 9.53 Å². The average Bonchev–Trinajstić information content (AvgIpc) is 3.10. The second-order valence-electron chi connectivity index (χ2n) is 6.73. The number of aromatic nitrogens is 4. The van der Waals surface area contributed by atoms with Gasteiger partial charge in [-0.2, -0.15) is 4.68 Å². The number of rotatable bonds is 5. The van der Waals surface area contributed by atoms with Gasteiger partial charge >= 0.3 is 0 Å². The van der Waals surface area contributed by atoms with Gasteiger partial charge in [0.15, 0.2) is 5.82 Å². The first-order valence-electron chi connectivity index (χ1n) is 8.87. The second kappa shape index (κ2) is 8.39. The number of hydrogen-bond donors (Lipinski definition) is 0. The van der Waals surface area contributed by atoms with Crippen LogP contribution in [0, 0.1) is 13.8 Å². The third-order valence-electron chi connectivity index (χ3n) is 4.81. The molecule has 1 unspecified atom stereocenters. The molecule has 0 N–H and O–H groups in total. The van der Waals surface area contributed by atoms with Crippen molar-refractivity contribution in [3.05, 3.63) is 62.9 Å². The van der Waals surface area contributed by atoms with E-state index in [0.717, 1.165) is 16.8 Å². The maximum atomic E-state index is 12.3. The van der Waals surface area contributed by atoms with Crippen LogP contribution in [0.5, 0.6) is 5.75 Å². The molecule has 3 aromatic rings. The Morgan fingerprint density at radius 3 is 2.45 bits per heavy atom. The Kier molecular flexibility index (Phi) is 6.10. The van der Waals surface area contributed by atoms with Crippen molar-refractivity contribution in [2.24, 2.45) is 0 Å². The number of aryl methyl sites for hydroxylation is 2. The van der Waals surface area contributed by atoms with Gasteiger partial charge in [0.05, 0.1) is 17.8 Å². The minimum Gasteiger partial charge on any atom is -0.495 e. The van der Waals surface area contributed by atoms with E-state index in [-0.39, 0.29) is 5.91 Å². The summed E-state index contributed by atoms with van der Waals surface area (Å²) in [4.78, 5) is 13.9. The summed E-state index contributed by atoms with van der Waals surface area (Å²) < 4.78 is 7.17. The fourth-order valence-electron chi connectivity index (χ4n) is 3.36. The molecule has 1 heterocycles. The zero-order valence-corrected chi connectivity index (χ0v) is 18.3. The molecule has 1 atom stereocenters. The van der Waals surface area contributed by atoms with Crippen LogP contribution >= 0.6 is 23.2 Å². The SMILES string of the molecule is COc1c(Cl)cc(Cl)cc1C(c1nnnn1-c1c(C)cccc1C)N(C)C(C)=O. The minimum absolute atomic E-state index is 0.177. The number of para-hydroxylation sites is 1. The van der Waals surface area contributed by atoms with Gasteiger partial charge in [-0.05, 0) is 47.5 Å². The van der Waals surface area contributed by atoms with Crippen LogP contribution in [0.3, 0.4) is 0 Å². The van der Waals surface area contributed by atoms with Gasteiger partial charge in [0.25, 0.3) is 0 Å². The summed E-state index contributed by atoms with van der Waals surface area (Å²) in [6.45, 7) is 5.43. The summed E-state index contributed by atoms with van der Waals surface area (Å²) in [5.41, 5.74) is 3.43. The highest BCUT2D eigenvalue weighted by atomic mass is 35.5. The molecule has 2 aromatic carbocycles. The summed E-state index contributed by atoms with van der Waals surface area (Å²) >= 11 is 12.6. The molecule has 9 heteroatoms. The van der Waals surface area contributed by atoms with E-state index in [2.05, 4.69) is 15.5 Å². The number of hydrogen-bond acceptors (Lipinski definition) is 5. The monoisotopic (exact) mass is 433 g/mol. The number of methoxy groups -OCH3 is 1. The number of carbonyl (C=O) groups excluding carboxylic acids is 1. The van der Waals surface area contributed by atoms with Crippen LogP contribution in [0.1, 0.15) is 35.5 Å². The molecule has 0 aliphatic heterocycles. The molecule has 1 amide bonds. The summed E-state index contributed by atoms with van der Waals surface area (Å²) in [7, 11) is 3.18. The molecule has 0 radical (unpaired) electrons. The first kappa shape index (κ1) is 21.1. The number of halogens is 2. The second-order valence-corrected chi connectivity index (χ2v) is 7.58. The number of benzene rings is 2. The van der Waals surface area contributed by atoms with E-state index < -0.39 is 6.04 Å². The number of amides is 1. The lowest BCUT2D eigenvalue weighted by Gasteiger charge is -2.28. The first-order chi connectivity index (χ1) is 13.8. The van der Waals surface area contributed by atoms with Crippen molar-refractivity contribution in [1.82, 2.24) is 25.1 Å². The molecule has 3 rings (SSSR count). The molecule has 7 nitrogen and oxygen atoms in total. The van der Waals surface area contributed by atoms with Crippen molar-refractivity contribution in [2.45, 2.75) is 26.8 Å². The molecule has 0 bridgehead atoms. The van der Waals surface area contributed by atoms with E-state index in [4.69, 9.17) is 27.9 Å². The molecular formula is C20H21Cl2N5O2. The molecule has 0 aliphatic rings. The third-order valence-corrected chi connectivity index (χ3v) is 5.31. The Labute approximate surface area is 179 Å². The van der Waals surface area contributed by atoms with Gasteiger partial charge in [-0.15, -0.1) is 5.10 Å². The fourth-order valence-corrected chi connectivity index (χ4v) is 3.95. The van der Waals surface area contributed by atoms with Gasteiger partial charge in [-0.1, -0.05) is 41.4 Å². The Morgan fingerprint density at radius 2 is 1.86 bits per heavy atom. The van der Waals surface area contributed by atoms with E-state index in [1.807, 2.05) is 32.0 Å². The molecule has 0 fully saturated rings. The summed E-state index contributed by atoms with van der Waals surface area (Å²) in [6, 6.07) is 8.55. The lowest BCUT2D eigenvalue weighted by Crippen LogP contribution is -2.32. The van der Waals surface area contributed by atoms with Crippen molar-refractivity contribution in [1.29, 1.82) is 0 Å². The molecule has 0 saturated heterocycles. The number of nitrogens with zero attached hydrogens (tertiary/aromatic N) is 5. The lowest BCUT2D eigenvalue weighted by molar-refractivity contribution is -0.129. The minimum atomic E-state index is -0.673. The molecule has 0 aliphatic carbocycles. The van der Waals surface area contributed by atoms with Crippen molar-refractivity contribution in [2.75, 3.05) is 14.2 Å². The third kappa shape index (κ3) is 3.93. The quantitative estimate of drug-likeness (QED) is 0.603. The predicted octanol–water partition coefficient (Wildman–Crippen LogP) is 4.16. The molecule has 1 aromatic heterocycles. The van der Waals surface area contributed by atoms with Gasteiger partial charge < -0.3 is 9.64 Å². The van der Waals surface area contributed by atoms with Crippen molar-refractivity contribution in [3.8, 4) is 11.4 Å². The van der Waals surface area contributed by atoms with Gasteiger partial charge in [0.2, 0.25) is 5.91 Å².